The summed E-state index contributed by atoms with van der Waals surface area (Å²) in [6.45, 7) is 2.13. The van der Waals surface area contributed by atoms with Crippen LogP contribution < -0.4 is 0 Å². The molecule has 0 bridgehead atoms. The molecule has 0 aliphatic heterocycles. The van der Waals surface area contributed by atoms with Gasteiger partial charge in [0.2, 0.25) is 0 Å². The van der Waals surface area contributed by atoms with E-state index in [0.717, 1.165) is 42.4 Å². The molecule has 2 aromatic rings. The molecule has 0 aromatic heterocycles. The van der Waals surface area contributed by atoms with Crippen molar-refractivity contribution in [2.45, 2.75) is 32.6 Å². The maximum atomic E-state index is 11.7. The number of hydrogen-bond acceptors (Lipinski definition) is 1. The van der Waals surface area contributed by atoms with Gasteiger partial charge in [0.05, 0.1) is 5.56 Å². The highest BCUT2D eigenvalue weighted by Gasteiger charge is 2.25. The predicted octanol–water partition coefficient (Wildman–Crippen LogP) is 4.30. The molecule has 0 spiro atoms. The van der Waals surface area contributed by atoms with Gasteiger partial charge in [-0.3, -0.25) is 0 Å². The molecule has 0 amide bonds. The van der Waals surface area contributed by atoms with Gasteiger partial charge >= 0.3 is 5.97 Å². The van der Waals surface area contributed by atoms with E-state index < -0.39 is 5.97 Å². The van der Waals surface area contributed by atoms with Crippen LogP contribution in [0.25, 0.3) is 11.1 Å². The van der Waals surface area contributed by atoms with Gasteiger partial charge in [0.25, 0.3) is 0 Å². The predicted molar refractivity (Wildman–Crippen MR) is 80.3 cm³/mol. The van der Waals surface area contributed by atoms with Crippen LogP contribution in [-0.2, 0) is 12.8 Å². The molecule has 0 fully saturated rings. The summed E-state index contributed by atoms with van der Waals surface area (Å²) in [5.41, 5.74) is 6.02. The van der Waals surface area contributed by atoms with Crippen molar-refractivity contribution < 1.29 is 9.90 Å². The normalized spacial score (nSPS) is 12.1. The van der Waals surface area contributed by atoms with Crippen LogP contribution in [0.1, 0.15) is 46.8 Å². The molecule has 3 rings (SSSR count). The number of carbonyl (C=O) groups is 1. The summed E-state index contributed by atoms with van der Waals surface area (Å²) in [5, 5.41) is 9.61. The number of hydrogen-bond donors (Lipinski definition) is 1. The first-order valence-corrected chi connectivity index (χ1v) is 7.18. The van der Waals surface area contributed by atoms with Crippen molar-refractivity contribution in [3.63, 3.8) is 0 Å². The van der Waals surface area contributed by atoms with Crippen LogP contribution in [0.5, 0.6) is 0 Å². The Morgan fingerprint density at radius 3 is 2.70 bits per heavy atom. The molecule has 0 atom stereocenters. The zero-order chi connectivity index (χ0) is 14.1. The standard InChI is InChI=1S/C18H18O2/c1-2-3-6-12-9-10-15-14-8-5-4-7-13(14)11-16(15)17(12)18(19)20/h4-5,7-10H,2-3,6,11H2,1H3,(H,19,20). The van der Waals surface area contributed by atoms with Gasteiger partial charge in [-0.15, -0.1) is 0 Å². The molecule has 20 heavy (non-hydrogen) atoms. The summed E-state index contributed by atoms with van der Waals surface area (Å²) in [4.78, 5) is 11.7. The van der Waals surface area contributed by atoms with Crippen LogP contribution in [0, 0.1) is 0 Å². The van der Waals surface area contributed by atoms with Crippen molar-refractivity contribution in [2.75, 3.05) is 0 Å². The SMILES string of the molecule is CCCCc1ccc2c(c1C(=O)O)Cc1ccccc1-2. The van der Waals surface area contributed by atoms with E-state index >= 15 is 0 Å². The fourth-order valence-corrected chi connectivity index (χ4v) is 3.10. The lowest BCUT2D eigenvalue weighted by Gasteiger charge is -2.11. The highest BCUT2D eigenvalue weighted by molar-refractivity contribution is 5.96. The Morgan fingerprint density at radius 2 is 1.95 bits per heavy atom. The Labute approximate surface area is 119 Å². The van der Waals surface area contributed by atoms with E-state index in [1.54, 1.807) is 0 Å². The minimum atomic E-state index is -0.791. The number of unbranched alkanes of at least 4 members (excludes halogenated alkanes) is 1. The van der Waals surface area contributed by atoms with E-state index in [0.29, 0.717) is 5.56 Å². The van der Waals surface area contributed by atoms with Crippen molar-refractivity contribution in [1.29, 1.82) is 0 Å². The molecule has 2 heteroatoms. The molecule has 0 saturated carbocycles. The summed E-state index contributed by atoms with van der Waals surface area (Å²) in [6, 6.07) is 12.3. The van der Waals surface area contributed by atoms with Crippen molar-refractivity contribution in [2.24, 2.45) is 0 Å². The molecule has 0 unspecified atom stereocenters. The number of aryl methyl sites for hydroxylation is 1. The second-order valence-corrected chi connectivity index (χ2v) is 5.37. The van der Waals surface area contributed by atoms with Gasteiger partial charge in [0, 0.05) is 0 Å². The Morgan fingerprint density at radius 1 is 1.15 bits per heavy atom. The maximum absolute atomic E-state index is 11.7. The minimum Gasteiger partial charge on any atom is -0.478 e. The minimum absolute atomic E-state index is 0.534. The second-order valence-electron chi connectivity index (χ2n) is 5.37. The van der Waals surface area contributed by atoms with E-state index in [2.05, 4.69) is 25.1 Å². The third-order valence-electron chi connectivity index (χ3n) is 4.09. The van der Waals surface area contributed by atoms with Crippen LogP contribution in [0.4, 0.5) is 0 Å². The summed E-state index contributed by atoms with van der Waals surface area (Å²) < 4.78 is 0. The van der Waals surface area contributed by atoms with E-state index in [1.807, 2.05) is 18.2 Å². The van der Waals surface area contributed by atoms with Crippen molar-refractivity contribution in [3.05, 3.63) is 58.7 Å². The molecule has 0 saturated heterocycles. The number of benzene rings is 2. The first-order chi connectivity index (χ1) is 9.72. The lowest BCUT2D eigenvalue weighted by Crippen LogP contribution is -2.07. The van der Waals surface area contributed by atoms with Gasteiger partial charge in [-0.25, -0.2) is 4.79 Å². The van der Waals surface area contributed by atoms with Gasteiger partial charge in [-0.1, -0.05) is 49.7 Å². The van der Waals surface area contributed by atoms with Crippen molar-refractivity contribution in [1.82, 2.24) is 0 Å². The Balaban J connectivity index is 2.13. The van der Waals surface area contributed by atoms with Crippen LogP contribution in [-0.4, -0.2) is 11.1 Å². The quantitative estimate of drug-likeness (QED) is 0.764. The van der Waals surface area contributed by atoms with Gasteiger partial charge in [0.1, 0.15) is 0 Å². The highest BCUT2D eigenvalue weighted by Crippen LogP contribution is 2.39. The summed E-state index contributed by atoms with van der Waals surface area (Å²) in [5.74, 6) is -0.791. The summed E-state index contributed by atoms with van der Waals surface area (Å²) >= 11 is 0. The summed E-state index contributed by atoms with van der Waals surface area (Å²) in [7, 11) is 0. The first kappa shape index (κ1) is 12.9. The van der Waals surface area contributed by atoms with Gasteiger partial charge < -0.3 is 5.11 Å². The van der Waals surface area contributed by atoms with Crippen LogP contribution in [0.3, 0.4) is 0 Å². The van der Waals surface area contributed by atoms with E-state index in [4.69, 9.17) is 0 Å². The fraction of sp³-hybridized carbons (Fsp3) is 0.278. The molecule has 0 radical (unpaired) electrons. The smallest absolute Gasteiger partial charge is 0.336 e. The van der Waals surface area contributed by atoms with Gasteiger partial charge in [-0.05, 0) is 47.1 Å². The number of rotatable bonds is 4. The maximum Gasteiger partial charge on any atom is 0.336 e. The van der Waals surface area contributed by atoms with Crippen LogP contribution in [0.15, 0.2) is 36.4 Å². The molecular weight excluding hydrogens is 248 g/mol. The van der Waals surface area contributed by atoms with Gasteiger partial charge in [-0.2, -0.15) is 0 Å². The molecule has 1 aliphatic rings. The third kappa shape index (κ3) is 2.01. The average molecular weight is 266 g/mol. The van der Waals surface area contributed by atoms with E-state index in [-0.39, 0.29) is 0 Å². The van der Waals surface area contributed by atoms with Crippen molar-refractivity contribution in [3.8, 4) is 11.1 Å². The molecule has 1 N–H and O–H groups in total. The Kier molecular flexibility index (Phi) is 3.31. The lowest BCUT2D eigenvalue weighted by atomic mass is 9.93. The molecule has 2 aromatic carbocycles. The van der Waals surface area contributed by atoms with Crippen molar-refractivity contribution >= 4 is 5.97 Å². The summed E-state index contributed by atoms with van der Waals surface area (Å²) in [6.07, 6.45) is 3.71. The van der Waals surface area contributed by atoms with Gasteiger partial charge in [0.15, 0.2) is 0 Å². The van der Waals surface area contributed by atoms with E-state index in [1.165, 1.54) is 11.1 Å². The first-order valence-electron chi connectivity index (χ1n) is 7.18. The Hall–Kier alpha value is -2.09. The number of aromatic carboxylic acids is 1. The number of fused-ring (bicyclic) bond motifs is 3. The molecular formula is C18H18O2. The molecule has 2 nitrogen and oxygen atoms in total. The highest BCUT2D eigenvalue weighted by atomic mass is 16.4. The molecule has 0 heterocycles. The second kappa shape index (κ2) is 5.12. The third-order valence-corrected chi connectivity index (χ3v) is 4.09. The number of carboxylic acids is 1. The zero-order valence-corrected chi connectivity index (χ0v) is 11.6. The monoisotopic (exact) mass is 266 g/mol. The van der Waals surface area contributed by atoms with E-state index in [9.17, 15) is 9.90 Å². The number of carboxylic acid groups (broad SMARTS) is 1. The topological polar surface area (TPSA) is 37.3 Å². The molecule has 1 aliphatic carbocycles. The Bertz CT molecular complexity index is 671. The lowest BCUT2D eigenvalue weighted by molar-refractivity contribution is 0.0694. The van der Waals surface area contributed by atoms with Crippen LogP contribution in [0.2, 0.25) is 0 Å². The van der Waals surface area contributed by atoms with Crippen LogP contribution >= 0.6 is 0 Å². The molecule has 102 valence electrons. The average Bonchev–Trinajstić information content (AvgIpc) is 2.82. The fourth-order valence-electron chi connectivity index (χ4n) is 3.10. The largest absolute Gasteiger partial charge is 0.478 e. The zero-order valence-electron chi connectivity index (χ0n) is 11.6.